The van der Waals surface area contributed by atoms with E-state index < -0.39 is 6.61 Å². The van der Waals surface area contributed by atoms with E-state index in [4.69, 9.17) is 9.47 Å². The van der Waals surface area contributed by atoms with Crippen LogP contribution in [0.5, 0.6) is 11.5 Å². The molecule has 0 saturated heterocycles. The van der Waals surface area contributed by atoms with Gasteiger partial charge in [-0.15, -0.1) is 0 Å². The summed E-state index contributed by atoms with van der Waals surface area (Å²) in [5.74, 6) is 1.75. The Morgan fingerprint density at radius 1 is 1.19 bits per heavy atom. The fourth-order valence-electron chi connectivity index (χ4n) is 3.36. The Hall–Kier alpha value is -2.30. The van der Waals surface area contributed by atoms with Crippen molar-refractivity contribution in [2.24, 2.45) is 5.92 Å². The van der Waals surface area contributed by atoms with Crippen LogP contribution >= 0.6 is 0 Å². The highest BCUT2D eigenvalue weighted by Crippen LogP contribution is 2.36. The predicted molar refractivity (Wildman–Crippen MR) is 97.3 cm³/mol. The van der Waals surface area contributed by atoms with Crippen LogP contribution in [0, 0.1) is 5.92 Å². The van der Waals surface area contributed by atoms with Crippen molar-refractivity contribution in [3.8, 4) is 11.5 Å². The monoisotopic (exact) mass is 362 g/mol. The van der Waals surface area contributed by atoms with Gasteiger partial charge in [-0.3, -0.25) is 0 Å². The lowest BCUT2D eigenvalue weighted by atomic mass is 9.98. The van der Waals surface area contributed by atoms with Gasteiger partial charge in [-0.25, -0.2) is 0 Å². The summed E-state index contributed by atoms with van der Waals surface area (Å²) in [4.78, 5) is 0. The molecule has 140 valence electrons. The van der Waals surface area contributed by atoms with E-state index in [1.165, 1.54) is 12.8 Å². The Labute approximate surface area is 152 Å². The van der Waals surface area contributed by atoms with Crippen molar-refractivity contribution in [2.45, 2.75) is 44.8 Å². The summed E-state index contributed by atoms with van der Waals surface area (Å²) in [6, 6.07) is 5.78. The molecule has 26 heavy (non-hydrogen) atoms. The molecule has 0 N–H and O–H groups in total. The third-order valence-corrected chi connectivity index (χ3v) is 4.66. The van der Waals surface area contributed by atoms with E-state index in [1.54, 1.807) is 19.3 Å². The average Bonchev–Trinajstić information content (AvgIpc) is 3.13. The molecular formula is C21H24F2O3. The zero-order valence-corrected chi connectivity index (χ0v) is 14.9. The molecule has 1 unspecified atom stereocenters. The van der Waals surface area contributed by atoms with Crippen molar-refractivity contribution >= 4 is 6.08 Å². The van der Waals surface area contributed by atoms with Gasteiger partial charge in [-0.1, -0.05) is 36.4 Å². The normalized spacial score (nSPS) is 20.6. The van der Waals surface area contributed by atoms with Crippen LogP contribution in [0.15, 0.2) is 48.3 Å². The minimum atomic E-state index is -2.79. The molecule has 0 aromatic heterocycles. The van der Waals surface area contributed by atoms with Crippen molar-refractivity contribution < 1.29 is 23.0 Å². The molecule has 0 heterocycles. The molecule has 0 spiro atoms. The number of ether oxygens (including phenoxy) is 3. The predicted octanol–water partition coefficient (Wildman–Crippen LogP) is 5.73. The van der Waals surface area contributed by atoms with Gasteiger partial charge in [0.1, 0.15) is 5.76 Å². The Morgan fingerprint density at radius 2 is 2.00 bits per heavy atom. The molecule has 0 radical (unpaired) electrons. The maximum absolute atomic E-state index is 12.4. The Bertz CT molecular complexity index is 688. The standard InChI is InChI=1S/C21H24F2O3/c1-24-19-11-5-7-16(20(19)25-17-8-2-3-9-17)13-12-15-6-4-10-18(14-15)26-21(22)23/h4-7,10-13,15,17,21H,2-3,8-9,14H2,1H3/b13-12+. The zero-order valence-electron chi connectivity index (χ0n) is 14.9. The highest BCUT2D eigenvalue weighted by molar-refractivity contribution is 5.62. The van der Waals surface area contributed by atoms with E-state index in [2.05, 4.69) is 4.74 Å². The minimum Gasteiger partial charge on any atom is -0.493 e. The number of benzene rings is 1. The molecule has 2 aliphatic carbocycles. The van der Waals surface area contributed by atoms with Crippen LogP contribution < -0.4 is 9.47 Å². The first-order valence-electron chi connectivity index (χ1n) is 8.99. The van der Waals surface area contributed by atoms with Gasteiger partial charge in [-0.05, 0) is 37.8 Å². The molecule has 1 saturated carbocycles. The van der Waals surface area contributed by atoms with Crippen LogP contribution in [0.2, 0.25) is 0 Å². The van der Waals surface area contributed by atoms with Gasteiger partial charge in [0.15, 0.2) is 11.5 Å². The lowest BCUT2D eigenvalue weighted by Crippen LogP contribution is -2.12. The first-order valence-corrected chi connectivity index (χ1v) is 8.99. The second kappa shape index (κ2) is 8.88. The first-order chi connectivity index (χ1) is 12.7. The van der Waals surface area contributed by atoms with Gasteiger partial charge >= 0.3 is 6.61 Å². The summed E-state index contributed by atoms with van der Waals surface area (Å²) >= 11 is 0. The summed E-state index contributed by atoms with van der Waals surface area (Å²) in [6.45, 7) is -2.79. The SMILES string of the molecule is COc1cccc(/C=C/C2C=CC=C(OC(F)F)C2)c1OC1CCCC1. The molecule has 3 nitrogen and oxygen atoms in total. The fraction of sp³-hybridized carbons (Fsp3) is 0.429. The fourth-order valence-corrected chi connectivity index (χ4v) is 3.36. The lowest BCUT2D eigenvalue weighted by molar-refractivity contribution is -0.0991. The molecule has 2 aliphatic rings. The highest BCUT2D eigenvalue weighted by atomic mass is 19.3. The van der Waals surface area contributed by atoms with Gasteiger partial charge in [0.25, 0.3) is 0 Å². The van der Waals surface area contributed by atoms with Gasteiger partial charge in [0, 0.05) is 17.9 Å². The Kier molecular flexibility index (Phi) is 6.31. The summed E-state index contributed by atoms with van der Waals surface area (Å²) < 4.78 is 41.0. The van der Waals surface area contributed by atoms with E-state index in [1.807, 2.05) is 36.4 Å². The topological polar surface area (TPSA) is 27.7 Å². The van der Waals surface area contributed by atoms with Crippen molar-refractivity contribution in [1.29, 1.82) is 0 Å². The van der Waals surface area contributed by atoms with Crippen molar-refractivity contribution in [1.82, 2.24) is 0 Å². The van der Waals surface area contributed by atoms with Crippen LogP contribution in [0.3, 0.4) is 0 Å². The summed E-state index contributed by atoms with van der Waals surface area (Å²) in [7, 11) is 1.63. The number of rotatable bonds is 7. The van der Waals surface area contributed by atoms with E-state index >= 15 is 0 Å². The third kappa shape index (κ3) is 4.87. The van der Waals surface area contributed by atoms with Crippen LogP contribution in [0.1, 0.15) is 37.7 Å². The average molecular weight is 362 g/mol. The molecule has 1 fully saturated rings. The highest BCUT2D eigenvalue weighted by Gasteiger charge is 2.20. The number of para-hydroxylation sites is 1. The first kappa shape index (κ1) is 18.5. The molecule has 5 heteroatoms. The maximum Gasteiger partial charge on any atom is 0.387 e. The van der Waals surface area contributed by atoms with E-state index in [9.17, 15) is 8.78 Å². The number of halogens is 2. The van der Waals surface area contributed by atoms with E-state index in [0.29, 0.717) is 17.9 Å². The number of allylic oxidation sites excluding steroid dienone is 5. The lowest BCUT2D eigenvalue weighted by Gasteiger charge is -2.19. The second-order valence-electron chi connectivity index (χ2n) is 6.53. The minimum absolute atomic E-state index is 0.000665. The second-order valence-corrected chi connectivity index (χ2v) is 6.53. The Morgan fingerprint density at radius 3 is 2.73 bits per heavy atom. The smallest absolute Gasteiger partial charge is 0.387 e. The van der Waals surface area contributed by atoms with Crippen molar-refractivity contribution in [2.75, 3.05) is 7.11 Å². The molecule has 1 aromatic rings. The molecule has 1 atom stereocenters. The summed E-state index contributed by atoms with van der Waals surface area (Å²) in [6.07, 6.45) is 14.4. The van der Waals surface area contributed by atoms with Crippen LogP contribution in [-0.2, 0) is 4.74 Å². The van der Waals surface area contributed by atoms with Crippen molar-refractivity contribution in [3.05, 3.63) is 53.8 Å². The zero-order chi connectivity index (χ0) is 18.4. The van der Waals surface area contributed by atoms with Gasteiger partial charge in [0.2, 0.25) is 0 Å². The Balaban J connectivity index is 1.73. The number of alkyl halides is 2. The van der Waals surface area contributed by atoms with E-state index in [0.717, 1.165) is 24.2 Å². The molecule has 0 amide bonds. The maximum atomic E-state index is 12.4. The third-order valence-electron chi connectivity index (χ3n) is 4.66. The number of hydrogen-bond acceptors (Lipinski definition) is 3. The van der Waals surface area contributed by atoms with Crippen LogP contribution in [-0.4, -0.2) is 19.8 Å². The van der Waals surface area contributed by atoms with Crippen LogP contribution in [0.4, 0.5) is 8.78 Å². The largest absolute Gasteiger partial charge is 0.493 e. The quantitative estimate of drug-likeness (QED) is 0.620. The van der Waals surface area contributed by atoms with Gasteiger partial charge in [0.05, 0.1) is 13.2 Å². The molecular weight excluding hydrogens is 338 g/mol. The molecule has 0 aliphatic heterocycles. The molecule has 3 rings (SSSR count). The van der Waals surface area contributed by atoms with Crippen LogP contribution in [0.25, 0.3) is 6.08 Å². The molecule has 1 aromatic carbocycles. The summed E-state index contributed by atoms with van der Waals surface area (Å²) in [5, 5.41) is 0. The van der Waals surface area contributed by atoms with Gasteiger partial charge < -0.3 is 14.2 Å². The van der Waals surface area contributed by atoms with Crippen molar-refractivity contribution in [3.63, 3.8) is 0 Å². The molecule has 0 bridgehead atoms. The summed E-state index contributed by atoms with van der Waals surface area (Å²) in [5.41, 5.74) is 0.926. The number of hydrogen-bond donors (Lipinski definition) is 0. The van der Waals surface area contributed by atoms with E-state index in [-0.39, 0.29) is 12.0 Å². The van der Waals surface area contributed by atoms with Gasteiger partial charge in [-0.2, -0.15) is 8.78 Å². The number of methoxy groups -OCH3 is 1.